The summed E-state index contributed by atoms with van der Waals surface area (Å²) in [4.78, 5) is 4.86. The van der Waals surface area contributed by atoms with E-state index in [1.807, 2.05) is 97.8 Å². The van der Waals surface area contributed by atoms with Crippen LogP contribution in [0.5, 0.6) is 0 Å². The van der Waals surface area contributed by atoms with Gasteiger partial charge in [0.15, 0.2) is 17.9 Å². The minimum atomic E-state index is -3.02. The fourth-order valence-electron chi connectivity index (χ4n) is 4.16. The molecule has 0 aliphatic carbocycles. The van der Waals surface area contributed by atoms with Crippen LogP contribution in [0.2, 0.25) is 0 Å². The first-order valence-corrected chi connectivity index (χ1v) is 11.1. The van der Waals surface area contributed by atoms with Gasteiger partial charge in [0.05, 0.1) is 12.7 Å². The molecular weight excluding hydrogens is 404 g/mol. The van der Waals surface area contributed by atoms with Gasteiger partial charge in [-0.3, -0.25) is 0 Å². The lowest BCUT2D eigenvalue weighted by Crippen LogP contribution is -2.61. The molecule has 0 N–H and O–H groups in total. The Balaban J connectivity index is 2.03. The van der Waals surface area contributed by atoms with Crippen molar-refractivity contribution in [1.29, 1.82) is 0 Å². The summed E-state index contributed by atoms with van der Waals surface area (Å²) in [6.07, 6.45) is -3.02. The maximum atomic E-state index is 17.8. The van der Waals surface area contributed by atoms with Crippen LogP contribution in [0, 0.1) is 0 Å². The van der Waals surface area contributed by atoms with Gasteiger partial charge in [-0.05, 0) is 24.4 Å². The summed E-state index contributed by atoms with van der Waals surface area (Å²) < 4.78 is 33.7. The lowest BCUT2D eigenvalue weighted by molar-refractivity contribution is -0.563. The Morgan fingerprint density at radius 3 is 1.88 bits per heavy atom. The molecule has 0 saturated heterocycles. The number of hydrogen-bond donors (Lipinski definition) is 0. The molecule has 0 aromatic heterocycles. The molecular formula is C25H32BFN3O2+. The van der Waals surface area contributed by atoms with E-state index < -0.39 is 6.42 Å². The van der Waals surface area contributed by atoms with Crippen molar-refractivity contribution >= 4 is 29.3 Å². The van der Waals surface area contributed by atoms with Gasteiger partial charge in [0, 0.05) is 13.8 Å². The molecule has 1 unspecified atom stereocenters. The molecule has 0 radical (unpaired) electrons. The summed E-state index contributed by atoms with van der Waals surface area (Å²) in [5, 5.41) is 0. The molecule has 32 heavy (non-hydrogen) atoms. The van der Waals surface area contributed by atoms with Crippen LogP contribution in [-0.2, 0) is 9.47 Å². The second kappa shape index (κ2) is 7.87. The van der Waals surface area contributed by atoms with Crippen molar-refractivity contribution < 1.29 is 22.9 Å². The number of amidine groups is 1. The highest BCUT2D eigenvalue weighted by atomic mass is 19.1. The third-order valence-electron chi connectivity index (χ3n) is 6.82. The number of halogens is 1. The number of ether oxygens (including phenoxy) is 2. The van der Waals surface area contributed by atoms with E-state index in [4.69, 9.17) is 14.5 Å². The summed E-state index contributed by atoms with van der Waals surface area (Å²) in [5.74, 6) is 0.296. The number of rotatable bonds is 4. The molecule has 0 saturated carbocycles. The van der Waals surface area contributed by atoms with Crippen LogP contribution in [0.4, 0.5) is 4.32 Å². The average molecular weight is 436 g/mol. The van der Waals surface area contributed by atoms with Crippen molar-refractivity contribution in [3.05, 3.63) is 66.2 Å². The molecule has 2 aliphatic heterocycles. The molecule has 2 heterocycles. The van der Waals surface area contributed by atoms with Crippen molar-refractivity contribution in [2.75, 3.05) is 27.3 Å². The van der Waals surface area contributed by atoms with Crippen molar-refractivity contribution in [3.63, 3.8) is 0 Å². The largest absolute Gasteiger partial charge is 0.490 e. The lowest BCUT2D eigenvalue weighted by Gasteiger charge is -2.29. The third kappa shape index (κ3) is 3.63. The zero-order valence-electron chi connectivity index (χ0n) is 19.8. The highest BCUT2D eigenvalue weighted by molar-refractivity contribution is 7.29. The van der Waals surface area contributed by atoms with E-state index in [2.05, 4.69) is 13.8 Å². The normalized spacial score (nSPS) is 21.9. The second-order valence-electron chi connectivity index (χ2n) is 9.98. The van der Waals surface area contributed by atoms with E-state index >= 15 is 4.32 Å². The topological polar surface area (TPSA) is 36.8 Å². The van der Waals surface area contributed by atoms with Gasteiger partial charge >= 0.3 is 12.4 Å². The number of nitrogens with zero attached hydrogens (tertiary/aromatic N) is 3. The predicted octanol–water partition coefficient (Wildman–Crippen LogP) is 3.03. The van der Waals surface area contributed by atoms with Crippen LogP contribution in [0.25, 0.3) is 0 Å². The van der Waals surface area contributed by atoms with Crippen LogP contribution in [-0.4, -0.2) is 71.4 Å². The molecule has 7 heteroatoms. The Morgan fingerprint density at radius 2 is 1.38 bits per heavy atom. The monoisotopic (exact) mass is 436 g/mol. The van der Waals surface area contributed by atoms with Crippen molar-refractivity contribution in [2.24, 2.45) is 4.99 Å². The van der Waals surface area contributed by atoms with E-state index in [-0.39, 0.29) is 11.1 Å². The summed E-state index contributed by atoms with van der Waals surface area (Å²) in [5.41, 5.74) is 0.962. The fourth-order valence-corrected chi connectivity index (χ4v) is 4.16. The zero-order chi connectivity index (χ0) is 23.1. The number of hydrogen-bond acceptors (Lipinski definition) is 3. The Labute approximate surface area is 189 Å². The first-order valence-electron chi connectivity index (χ1n) is 11.1. The van der Waals surface area contributed by atoms with E-state index in [0.717, 1.165) is 0 Å². The molecule has 5 nitrogen and oxygen atoms in total. The van der Waals surface area contributed by atoms with Crippen LogP contribution >= 0.6 is 0 Å². The van der Waals surface area contributed by atoms with Crippen molar-refractivity contribution in [3.8, 4) is 0 Å². The Hall–Kier alpha value is -2.96. The van der Waals surface area contributed by atoms with Gasteiger partial charge in [-0.1, -0.05) is 60.7 Å². The summed E-state index contributed by atoms with van der Waals surface area (Å²) in [6.45, 7) is 9.14. The van der Waals surface area contributed by atoms with Gasteiger partial charge < -0.3 is 13.8 Å². The molecule has 0 fully saturated rings. The SMILES string of the molecule is C[N+]1=C(/N=C(\c2ccccc2)[B-](F)(C2=[N+](C)C(C)(C)CO2)c2ccccc2)OCC1(C)C. The zero-order valence-corrected chi connectivity index (χ0v) is 19.8. The van der Waals surface area contributed by atoms with E-state index in [0.29, 0.717) is 41.7 Å². The quantitative estimate of drug-likeness (QED) is 0.420. The molecule has 0 bridgehead atoms. The molecule has 0 spiro atoms. The van der Waals surface area contributed by atoms with Crippen molar-refractivity contribution in [1.82, 2.24) is 0 Å². The van der Waals surface area contributed by atoms with Gasteiger partial charge in [0.25, 0.3) is 0 Å². The minimum absolute atomic E-state index is 0.227. The van der Waals surface area contributed by atoms with Gasteiger partial charge in [0.2, 0.25) is 0 Å². The third-order valence-corrected chi connectivity index (χ3v) is 6.82. The molecule has 2 aliphatic rings. The molecule has 1 atom stereocenters. The average Bonchev–Trinajstić information content (AvgIpc) is 3.21. The summed E-state index contributed by atoms with van der Waals surface area (Å²) in [6, 6.07) is 19.1. The van der Waals surface area contributed by atoms with E-state index in [1.165, 1.54) is 0 Å². The van der Waals surface area contributed by atoms with Gasteiger partial charge in [-0.25, -0.2) is 9.15 Å². The molecule has 168 valence electrons. The minimum Gasteiger partial charge on any atom is -0.484 e. The Morgan fingerprint density at radius 1 is 0.844 bits per heavy atom. The summed E-state index contributed by atoms with van der Waals surface area (Å²) >= 11 is 0. The lowest BCUT2D eigenvalue weighted by atomic mass is 9.34. The maximum Gasteiger partial charge on any atom is 0.490 e. The maximum absolute atomic E-state index is 17.8. The van der Waals surface area contributed by atoms with Crippen LogP contribution in [0.15, 0.2) is 65.7 Å². The van der Waals surface area contributed by atoms with Gasteiger partial charge in [0.1, 0.15) is 19.2 Å². The highest BCUT2D eigenvalue weighted by Crippen LogP contribution is 2.26. The smallest absolute Gasteiger partial charge is 0.484 e. The number of likely N-dealkylation sites (N-methyl/N-ethyl adjacent to an activating group) is 2. The molecule has 0 amide bonds. The number of aliphatic imine (C=N–C) groups is 1. The Kier molecular flexibility index (Phi) is 5.47. The van der Waals surface area contributed by atoms with Crippen molar-refractivity contribution in [2.45, 2.75) is 38.8 Å². The van der Waals surface area contributed by atoms with E-state index in [1.54, 1.807) is 0 Å². The van der Waals surface area contributed by atoms with Crippen LogP contribution in [0.1, 0.15) is 33.3 Å². The van der Waals surface area contributed by atoms with E-state index in [9.17, 15) is 0 Å². The Bertz CT molecular complexity index is 1110. The molecule has 2 aromatic rings. The molecule has 4 rings (SSSR count). The first kappa shape index (κ1) is 22.2. The highest BCUT2D eigenvalue weighted by Gasteiger charge is 2.54. The number of benzene rings is 2. The predicted molar refractivity (Wildman–Crippen MR) is 128 cm³/mol. The van der Waals surface area contributed by atoms with Crippen LogP contribution in [0.3, 0.4) is 0 Å². The van der Waals surface area contributed by atoms with Crippen LogP contribution < -0.4 is 5.46 Å². The summed E-state index contributed by atoms with van der Waals surface area (Å²) in [7, 11) is 3.82. The first-order chi connectivity index (χ1) is 15.1. The molecule has 2 aromatic carbocycles. The standard InChI is InChI=1S/C25H32BFN3O2/c1-24(2)17-31-22(29(24)5)26(27,20-15-11-8-12-16-20)21(19-13-9-7-10-14-19)28-23-30(6)25(3,4)18-32-23/h7-16H,17-18H2,1-6H3/q+1. The second-order valence-corrected chi connectivity index (χ2v) is 9.98. The van der Waals surface area contributed by atoms with Gasteiger partial charge in [-0.2, -0.15) is 5.46 Å². The fraction of sp³-hybridized carbons (Fsp3) is 0.400. The van der Waals surface area contributed by atoms with Gasteiger partial charge in [-0.15, -0.1) is 0 Å².